The number of aryl methyl sites for hydroxylation is 2. The minimum absolute atomic E-state index is 0.128. The fraction of sp³-hybridized carbons (Fsp3) is 0.250. The minimum Gasteiger partial charge on any atom is -0.325 e. The van der Waals surface area contributed by atoms with E-state index in [1.807, 2.05) is 64.1 Å². The van der Waals surface area contributed by atoms with Gasteiger partial charge in [-0.1, -0.05) is 43.7 Å². The van der Waals surface area contributed by atoms with Crippen molar-refractivity contribution in [2.24, 2.45) is 0 Å². The summed E-state index contributed by atoms with van der Waals surface area (Å²) in [6, 6.07) is 16.6. The standard InChI is InChI=1S/C24H26N4O2S/c1-15(2)23-25-17(4)13-21(27-23)28-24(30)19-7-5-6-8-20(19)31-14-22(29)26-18-11-9-16(3)10-12-18/h5-13,15H,14H2,1-4H3,(H,26,29)(H,25,27,28,30). The third-order valence-corrected chi connectivity index (χ3v) is 5.53. The number of amides is 2. The van der Waals surface area contributed by atoms with Crippen molar-refractivity contribution < 1.29 is 9.59 Å². The van der Waals surface area contributed by atoms with Crippen molar-refractivity contribution in [3.05, 3.63) is 77.2 Å². The average Bonchev–Trinajstić information content (AvgIpc) is 2.73. The highest BCUT2D eigenvalue weighted by molar-refractivity contribution is 8.00. The number of rotatable bonds is 7. The van der Waals surface area contributed by atoms with E-state index in [0.29, 0.717) is 17.2 Å². The van der Waals surface area contributed by atoms with Gasteiger partial charge in [-0.15, -0.1) is 11.8 Å². The molecule has 0 bridgehead atoms. The number of nitrogens with zero attached hydrogens (tertiary/aromatic N) is 2. The number of carbonyl (C=O) groups excluding carboxylic acids is 2. The molecule has 0 aliphatic rings. The first-order valence-electron chi connectivity index (χ1n) is 10.1. The molecule has 160 valence electrons. The Balaban J connectivity index is 1.67. The minimum atomic E-state index is -0.269. The van der Waals surface area contributed by atoms with Crippen molar-refractivity contribution >= 4 is 35.1 Å². The highest BCUT2D eigenvalue weighted by atomic mass is 32.2. The van der Waals surface area contributed by atoms with E-state index in [4.69, 9.17) is 0 Å². The lowest BCUT2D eigenvalue weighted by molar-refractivity contribution is -0.113. The van der Waals surface area contributed by atoms with Gasteiger partial charge in [0.25, 0.3) is 5.91 Å². The van der Waals surface area contributed by atoms with Gasteiger partial charge in [-0.25, -0.2) is 9.97 Å². The molecular formula is C24H26N4O2S. The van der Waals surface area contributed by atoms with Gasteiger partial charge in [0.1, 0.15) is 11.6 Å². The van der Waals surface area contributed by atoms with Crippen molar-refractivity contribution in [2.45, 2.75) is 38.5 Å². The van der Waals surface area contributed by atoms with E-state index in [1.165, 1.54) is 11.8 Å². The fourth-order valence-electron chi connectivity index (χ4n) is 2.85. The van der Waals surface area contributed by atoms with Gasteiger partial charge in [0.2, 0.25) is 5.91 Å². The zero-order valence-electron chi connectivity index (χ0n) is 18.1. The zero-order valence-corrected chi connectivity index (χ0v) is 18.9. The van der Waals surface area contributed by atoms with Gasteiger partial charge in [-0.05, 0) is 38.1 Å². The number of hydrogen-bond donors (Lipinski definition) is 2. The van der Waals surface area contributed by atoms with Crippen LogP contribution in [0.5, 0.6) is 0 Å². The molecule has 0 spiro atoms. The maximum Gasteiger partial charge on any atom is 0.257 e. The number of carbonyl (C=O) groups is 2. The molecule has 3 rings (SSSR count). The summed E-state index contributed by atoms with van der Waals surface area (Å²) < 4.78 is 0. The van der Waals surface area contributed by atoms with Crippen LogP contribution in [0.4, 0.5) is 11.5 Å². The molecule has 0 aliphatic carbocycles. The van der Waals surface area contributed by atoms with Crippen molar-refractivity contribution in [1.82, 2.24) is 9.97 Å². The van der Waals surface area contributed by atoms with Crippen LogP contribution in [0.3, 0.4) is 0 Å². The highest BCUT2D eigenvalue weighted by Crippen LogP contribution is 2.24. The Morgan fingerprint density at radius 1 is 0.968 bits per heavy atom. The van der Waals surface area contributed by atoms with Crippen LogP contribution in [0.1, 0.15) is 47.2 Å². The maximum absolute atomic E-state index is 12.9. The van der Waals surface area contributed by atoms with E-state index in [2.05, 4.69) is 20.6 Å². The molecule has 31 heavy (non-hydrogen) atoms. The van der Waals surface area contributed by atoms with Gasteiger partial charge >= 0.3 is 0 Å². The lowest BCUT2D eigenvalue weighted by atomic mass is 10.2. The number of benzene rings is 2. The molecule has 1 aromatic heterocycles. The molecule has 0 atom stereocenters. The first-order valence-corrected chi connectivity index (χ1v) is 11.1. The molecule has 0 radical (unpaired) electrons. The van der Waals surface area contributed by atoms with Crippen LogP contribution in [0.25, 0.3) is 0 Å². The monoisotopic (exact) mass is 434 g/mol. The summed E-state index contributed by atoms with van der Waals surface area (Å²) in [4.78, 5) is 34.8. The third-order valence-electron chi connectivity index (χ3n) is 4.46. The Morgan fingerprint density at radius 2 is 1.68 bits per heavy atom. The predicted molar refractivity (Wildman–Crippen MR) is 126 cm³/mol. The van der Waals surface area contributed by atoms with Crippen LogP contribution in [-0.4, -0.2) is 27.5 Å². The second-order valence-corrected chi connectivity index (χ2v) is 8.58. The van der Waals surface area contributed by atoms with E-state index in [1.54, 1.807) is 18.2 Å². The number of nitrogens with one attached hydrogen (secondary N) is 2. The molecule has 0 fully saturated rings. The Morgan fingerprint density at radius 3 is 2.39 bits per heavy atom. The summed E-state index contributed by atoms with van der Waals surface area (Å²) in [5.41, 5.74) is 3.18. The Labute approximate surface area is 186 Å². The van der Waals surface area contributed by atoms with Crippen LogP contribution in [0.15, 0.2) is 59.5 Å². The smallest absolute Gasteiger partial charge is 0.257 e. The molecule has 2 aromatic carbocycles. The molecule has 6 nitrogen and oxygen atoms in total. The third kappa shape index (κ3) is 6.39. The average molecular weight is 435 g/mol. The topological polar surface area (TPSA) is 84.0 Å². The molecular weight excluding hydrogens is 408 g/mol. The van der Waals surface area contributed by atoms with Gasteiger partial charge in [0.05, 0.1) is 11.3 Å². The fourth-order valence-corrected chi connectivity index (χ4v) is 3.70. The van der Waals surface area contributed by atoms with Crippen molar-refractivity contribution in [2.75, 3.05) is 16.4 Å². The van der Waals surface area contributed by atoms with Gasteiger partial charge in [0.15, 0.2) is 0 Å². The van der Waals surface area contributed by atoms with Crippen LogP contribution >= 0.6 is 11.8 Å². The predicted octanol–water partition coefficient (Wildman–Crippen LogP) is 5.20. The first kappa shape index (κ1) is 22.5. The van der Waals surface area contributed by atoms with Crippen molar-refractivity contribution in [3.63, 3.8) is 0 Å². The van der Waals surface area contributed by atoms with Gasteiger partial charge < -0.3 is 10.6 Å². The summed E-state index contributed by atoms with van der Waals surface area (Å²) in [6.45, 7) is 7.89. The SMILES string of the molecule is Cc1ccc(NC(=O)CSc2ccccc2C(=O)Nc2cc(C)nc(C(C)C)n2)cc1. The van der Waals surface area contributed by atoms with E-state index in [-0.39, 0.29) is 23.5 Å². The van der Waals surface area contributed by atoms with Crippen molar-refractivity contribution in [3.8, 4) is 0 Å². The second kappa shape index (κ2) is 10.2. The summed E-state index contributed by atoms with van der Waals surface area (Å²) >= 11 is 1.32. The molecule has 0 aliphatic heterocycles. The molecule has 3 aromatic rings. The van der Waals surface area contributed by atoms with Gasteiger partial charge in [-0.2, -0.15) is 0 Å². The number of thioether (sulfide) groups is 1. The van der Waals surface area contributed by atoms with Crippen LogP contribution in [0, 0.1) is 13.8 Å². The Hall–Kier alpha value is -3.19. The number of hydrogen-bond acceptors (Lipinski definition) is 5. The summed E-state index contributed by atoms with van der Waals surface area (Å²) in [5.74, 6) is 1.11. The van der Waals surface area contributed by atoms with Gasteiger partial charge in [-0.3, -0.25) is 9.59 Å². The van der Waals surface area contributed by atoms with E-state index in [0.717, 1.165) is 21.8 Å². The number of aromatic nitrogens is 2. The van der Waals surface area contributed by atoms with Crippen LogP contribution < -0.4 is 10.6 Å². The molecule has 0 saturated heterocycles. The molecule has 0 unspecified atom stereocenters. The second-order valence-electron chi connectivity index (χ2n) is 7.56. The lowest BCUT2D eigenvalue weighted by Crippen LogP contribution is -2.17. The Bertz CT molecular complexity index is 1080. The Kier molecular flexibility index (Phi) is 7.41. The summed E-state index contributed by atoms with van der Waals surface area (Å²) in [6.07, 6.45) is 0. The quantitative estimate of drug-likeness (QED) is 0.499. The highest BCUT2D eigenvalue weighted by Gasteiger charge is 2.15. The van der Waals surface area contributed by atoms with Gasteiger partial charge in [0, 0.05) is 28.3 Å². The molecule has 2 amide bonds. The largest absolute Gasteiger partial charge is 0.325 e. The van der Waals surface area contributed by atoms with Crippen molar-refractivity contribution in [1.29, 1.82) is 0 Å². The van der Waals surface area contributed by atoms with Crippen LogP contribution in [0.2, 0.25) is 0 Å². The molecule has 1 heterocycles. The summed E-state index contributed by atoms with van der Waals surface area (Å²) in [5, 5.41) is 5.74. The van der Waals surface area contributed by atoms with E-state index in [9.17, 15) is 9.59 Å². The van der Waals surface area contributed by atoms with E-state index < -0.39 is 0 Å². The lowest BCUT2D eigenvalue weighted by Gasteiger charge is -2.12. The maximum atomic E-state index is 12.9. The molecule has 0 saturated carbocycles. The summed E-state index contributed by atoms with van der Waals surface area (Å²) in [7, 11) is 0. The molecule has 2 N–H and O–H groups in total. The normalized spacial score (nSPS) is 10.7. The zero-order chi connectivity index (χ0) is 22.4. The number of anilines is 2. The molecule has 7 heteroatoms. The first-order chi connectivity index (χ1) is 14.8. The van der Waals surface area contributed by atoms with Crippen LogP contribution in [-0.2, 0) is 4.79 Å². The van der Waals surface area contributed by atoms with E-state index >= 15 is 0 Å².